The largest absolute Gasteiger partial charge is 0.493 e. The van der Waals surface area contributed by atoms with E-state index in [4.69, 9.17) is 4.74 Å². The SMILES string of the molecule is COc1c(F)c(F)c2c(F)c(F)c(F)c(F)c2c1-c1c(OC(C)(C)C)c(F)c(F)c2c(F)c(F)c(F)c(F)c12. The van der Waals surface area contributed by atoms with Gasteiger partial charge in [-0.3, -0.25) is 0 Å². The van der Waals surface area contributed by atoms with Crippen molar-refractivity contribution in [2.45, 2.75) is 26.4 Å². The fourth-order valence-electron chi connectivity index (χ4n) is 4.08. The van der Waals surface area contributed by atoms with Crippen molar-refractivity contribution in [1.82, 2.24) is 0 Å². The normalized spacial score (nSPS) is 12.1. The average molecular weight is 572 g/mol. The van der Waals surface area contributed by atoms with Crippen molar-refractivity contribution >= 4 is 21.5 Å². The third-order valence-electron chi connectivity index (χ3n) is 5.57. The summed E-state index contributed by atoms with van der Waals surface area (Å²) in [6.45, 7) is 3.53. The summed E-state index contributed by atoms with van der Waals surface area (Å²) in [5.74, 6) is -32.9. The first-order valence-electron chi connectivity index (χ1n) is 10.5. The van der Waals surface area contributed by atoms with Crippen LogP contribution in [0, 0.1) is 69.8 Å². The second kappa shape index (κ2) is 9.12. The van der Waals surface area contributed by atoms with Gasteiger partial charge < -0.3 is 9.47 Å². The Morgan fingerprint density at radius 1 is 0.385 bits per heavy atom. The van der Waals surface area contributed by atoms with Gasteiger partial charge in [-0.15, -0.1) is 0 Å². The lowest BCUT2D eigenvalue weighted by Gasteiger charge is -2.27. The van der Waals surface area contributed by atoms with Crippen LogP contribution in [-0.2, 0) is 0 Å². The summed E-state index contributed by atoms with van der Waals surface area (Å²) in [4.78, 5) is 0. The van der Waals surface area contributed by atoms with Crippen molar-refractivity contribution in [2.75, 3.05) is 7.11 Å². The quantitative estimate of drug-likeness (QED) is 0.139. The smallest absolute Gasteiger partial charge is 0.202 e. The van der Waals surface area contributed by atoms with E-state index in [0.29, 0.717) is 7.11 Å². The number of fused-ring (bicyclic) bond motifs is 2. The number of hydrogen-bond acceptors (Lipinski definition) is 2. The molecule has 4 aromatic carbocycles. The van der Waals surface area contributed by atoms with Gasteiger partial charge in [0.1, 0.15) is 5.60 Å². The molecule has 0 unspecified atom stereocenters. The standard InChI is InChI=1S/C25H12F12O2/c1-25(2,3)39-24-8(6-10(16(31)22(24)37)14(29)20(35)18(33)12(6)27)7-5-9(15(30)21(36)23(7)38-4)13(28)19(34)17(32)11(5)26/h1-4H3. The van der Waals surface area contributed by atoms with Crippen molar-refractivity contribution in [3.8, 4) is 22.6 Å². The van der Waals surface area contributed by atoms with E-state index in [2.05, 4.69) is 4.74 Å². The molecule has 0 fully saturated rings. The first-order chi connectivity index (χ1) is 18.0. The molecule has 0 atom stereocenters. The van der Waals surface area contributed by atoms with Gasteiger partial charge >= 0.3 is 0 Å². The Labute approximate surface area is 210 Å². The number of hydrogen-bond donors (Lipinski definition) is 0. The Morgan fingerprint density at radius 2 is 0.667 bits per heavy atom. The number of ether oxygens (including phenoxy) is 2. The van der Waals surface area contributed by atoms with Crippen LogP contribution in [0.5, 0.6) is 11.5 Å². The minimum Gasteiger partial charge on any atom is -0.493 e. The molecule has 0 bridgehead atoms. The molecule has 0 N–H and O–H groups in total. The maximum absolute atomic E-state index is 15.4. The molecule has 0 heterocycles. The summed E-state index contributed by atoms with van der Waals surface area (Å²) < 4.78 is 187. The molecule has 4 aromatic rings. The predicted octanol–water partition coefficient (Wildman–Crippen LogP) is 8.52. The molecule has 0 amide bonds. The van der Waals surface area contributed by atoms with Crippen molar-refractivity contribution in [3.63, 3.8) is 0 Å². The van der Waals surface area contributed by atoms with E-state index in [-0.39, 0.29) is 0 Å². The summed E-state index contributed by atoms with van der Waals surface area (Å²) in [5, 5.41) is -7.47. The predicted molar refractivity (Wildman–Crippen MR) is 113 cm³/mol. The topological polar surface area (TPSA) is 18.5 Å². The van der Waals surface area contributed by atoms with E-state index in [1.165, 1.54) is 20.8 Å². The molecular formula is C25H12F12O2. The van der Waals surface area contributed by atoms with Gasteiger partial charge in [-0.2, -0.15) is 8.78 Å². The van der Waals surface area contributed by atoms with Crippen LogP contribution in [-0.4, -0.2) is 12.7 Å². The number of methoxy groups -OCH3 is 1. The van der Waals surface area contributed by atoms with E-state index in [9.17, 15) is 30.7 Å². The fraction of sp³-hybridized carbons (Fsp3) is 0.200. The minimum absolute atomic E-state index is 0.560. The zero-order valence-corrected chi connectivity index (χ0v) is 19.9. The van der Waals surface area contributed by atoms with Crippen LogP contribution in [0.1, 0.15) is 20.8 Å². The Balaban J connectivity index is 2.52. The second-order valence-electron chi connectivity index (χ2n) is 9.09. The molecule has 0 spiro atoms. The number of rotatable bonds is 3. The van der Waals surface area contributed by atoms with Gasteiger partial charge in [0, 0.05) is 21.9 Å². The Morgan fingerprint density at radius 3 is 1.00 bits per heavy atom. The molecule has 0 radical (unpaired) electrons. The van der Waals surface area contributed by atoms with E-state index in [0.717, 1.165) is 0 Å². The van der Waals surface area contributed by atoms with E-state index < -0.39 is 120 Å². The molecule has 0 aromatic heterocycles. The van der Waals surface area contributed by atoms with Crippen LogP contribution in [0.2, 0.25) is 0 Å². The van der Waals surface area contributed by atoms with Crippen molar-refractivity contribution in [2.24, 2.45) is 0 Å². The summed E-state index contributed by atoms with van der Waals surface area (Å²) in [6.07, 6.45) is 0. The first-order valence-corrected chi connectivity index (χ1v) is 10.5. The molecule has 0 saturated heterocycles. The van der Waals surface area contributed by atoms with Gasteiger partial charge in [0.15, 0.2) is 69.7 Å². The molecular weight excluding hydrogens is 560 g/mol. The molecule has 4 rings (SSSR count). The fourth-order valence-corrected chi connectivity index (χ4v) is 4.08. The highest BCUT2D eigenvalue weighted by Gasteiger charge is 2.38. The summed E-state index contributed by atoms with van der Waals surface area (Å²) in [5.41, 5.74) is -4.76. The zero-order chi connectivity index (χ0) is 29.5. The van der Waals surface area contributed by atoms with E-state index in [1.807, 2.05) is 0 Å². The van der Waals surface area contributed by atoms with Gasteiger partial charge in [0.2, 0.25) is 11.6 Å². The van der Waals surface area contributed by atoms with Gasteiger partial charge in [-0.1, -0.05) is 0 Å². The highest BCUT2D eigenvalue weighted by atomic mass is 19.2. The van der Waals surface area contributed by atoms with Gasteiger partial charge in [0.25, 0.3) is 0 Å². The summed E-state index contributed by atoms with van der Waals surface area (Å²) >= 11 is 0. The molecule has 0 aliphatic heterocycles. The molecule has 0 saturated carbocycles. The lowest BCUT2D eigenvalue weighted by molar-refractivity contribution is 0.124. The highest BCUT2D eigenvalue weighted by Crippen LogP contribution is 2.52. The van der Waals surface area contributed by atoms with Gasteiger partial charge in [-0.25, -0.2) is 43.9 Å². The summed E-state index contributed by atoms with van der Waals surface area (Å²) in [6, 6.07) is 0. The maximum Gasteiger partial charge on any atom is 0.202 e. The molecule has 208 valence electrons. The third kappa shape index (κ3) is 3.90. The molecule has 14 heteroatoms. The second-order valence-corrected chi connectivity index (χ2v) is 9.09. The Bertz CT molecular complexity index is 1720. The first kappa shape index (κ1) is 28.2. The summed E-state index contributed by atoms with van der Waals surface area (Å²) in [7, 11) is 0.560. The van der Waals surface area contributed by atoms with Crippen LogP contribution in [0.25, 0.3) is 32.7 Å². The van der Waals surface area contributed by atoms with Crippen LogP contribution in [0.3, 0.4) is 0 Å². The van der Waals surface area contributed by atoms with E-state index >= 15 is 22.0 Å². The minimum atomic E-state index is -2.62. The van der Waals surface area contributed by atoms with Gasteiger partial charge in [0.05, 0.1) is 17.9 Å². The molecule has 0 aliphatic carbocycles. The highest BCUT2D eigenvalue weighted by molar-refractivity contribution is 6.11. The van der Waals surface area contributed by atoms with Crippen LogP contribution < -0.4 is 9.47 Å². The molecule has 0 aliphatic rings. The maximum atomic E-state index is 15.4. The van der Waals surface area contributed by atoms with Crippen LogP contribution in [0.15, 0.2) is 0 Å². The lowest BCUT2D eigenvalue weighted by Crippen LogP contribution is -2.24. The monoisotopic (exact) mass is 572 g/mol. The van der Waals surface area contributed by atoms with E-state index in [1.54, 1.807) is 0 Å². The van der Waals surface area contributed by atoms with Crippen LogP contribution >= 0.6 is 0 Å². The van der Waals surface area contributed by atoms with Crippen LogP contribution in [0.4, 0.5) is 52.7 Å². The zero-order valence-electron chi connectivity index (χ0n) is 19.9. The molecule has 2 nitrogen and oxygen atoms in total. The molecule has 39 heavy (non-hydrogen) atoms. The number of halogens is 12. The van der Waals surface area contributed by atoms with Crippen molar-refractivity contribution < 1.29 is 62.2 Å². The lowest BCUT2D eigenvalue weighted by atomic mass is 9.89. The van der Waals surface area contributed by atoms with Crippen molar-refractivity contribution in [1.29, 1.82) is 0 Å². The van der Waals surface area contributed by atoms with Gasteiger partial charge in [-0.05, 0) is 20.8 Å². The number of benzene rings is 4. The Hall–Kier alpha value is -3.84. The third-order valence-corrected chi connectivity index (χ3v) is 5.57. The van der Waals surface area contributed by atoms with Crippen molar-refractivity contribution in [3.05, 3.63) is 69.8 Å². The average Bonchev–Trinajstić information content (AvgIpc) is 2.86. The Kier molecular flexibility index (Phi) is 6.59.